The Hall–Kier alpha value is -2.37. The number of aromatic nitrogens is 2. The monoisotopic (exact) mass is 330 g/mol. The van der Waals surface area contributed by atoms with Gasteiger partial charge in [-0.3, -0.25) is 9.20 Å². The van der Waals surface area contributed by atoms with Crippen LogP contribution in [0.5, 0.6) is 0 Å². The highest BCUT2D eigenvalue weighted by atomic mass is 35.5. The number of nitrogens with two attached hydrogens (primary N) is 1. The summed E-state index contributed by atoms with van der Waals surface area (Å²) in [5.41, 5.74) is 9.90. The summed E-state index contributed by atoms with van der Waals surface area (Å²) in [6.07, 6.45) is 3.40. The molecular formula is C17H19ClN4O. The number of carbonyl (C=O) groups is 1. The van der Waals surface area contributed by atoms with Gasteiger partial charge in [0.25, 0.3) is 5.91 Å². The highest BCUT2D eigenvalue weighted by molar-refractivity contribution is 6.03. The summed E-state index contributed by atoms with van der Waals surface area (Å²) in [6, 6.07) is 11.4. The molecule has 0 spiro atoms. The predicted octanol–water partition coefficient (Wildman–Crippen LogP) is 3.34. The molecule has 23 heavy (non-hydrogen) atoms. The van der Waals surface area contributed by atoms with E-state index in [1.165, 1.54) is 0 Å². The second-order valence-electron chi connectivity index (χ2n) is 5.39. The Labute approximate surface area is 140 Å². The Bertz CT molecular complexity index is 841. The average molecular weight is 331 g/mol. The molecule has 3 aromatic rings. The Morgan fingerprint density at radius 3 is 2.83 bits per heavy atom. The summed E-state index contributed by atoms with van der Waals surface area (Å²) in [5, 5.41) is 2.94. The van der Waals surface area contributed by atoms with Crippen molar-refractivity contribution in [2.45, 2.75) is 19.9 Å². The summed E-state index contributed by atoms with van der Waals surface area (Å²) < 4.78 is 1.76. The van der Waals surface area contributed by atoms with Crippen molar-refractivity contribution in [1.82, 2.24) is 9.38 Å². The number of halogens is 1. The molecule has 1 atom stereocenters. The van der Waals surface area contributed by atoms with Crippen LogP contribution < -0.4 is 11.1 Å². The third kappa shape index (κ3) is 3.36. The largest absolute Gasteiger partial charge is 0.324 e. The lowest BCUT2D eigenvalue weighted by atomic mass is 10.1. The average Bonchev–Trinajstić information content (AvgIpc) is 2.93. The van der Waals surface area contributed by atoms with Crippen LogP contribution in [0.25, 0.3) is 5.65 Å². The van der Waals surface area contributed by atoms with Crippen molar-refractivity contribution < 1.29 is 4.79 Å². The third-order valence-electron chi connectivity index (χ3n) is 3.69. The summed E-state index contributed by atoms with van der Waals surface area (Å²) in [6.45, 7) is 3.87. The first-order chi connectivity index (χ1) is 10.6. The van der Waals surface area contributed by atoms with E-state index < -0.39 is 0 Å². The van der Waals surface area contributed by atoms with Gasteiger partial charge >= 0.3 is 0 Å². The van der Waals surface area contributed by atoms with Crippen molar-refractivity contribution in [2.75, 3.05) is 5.32 Å². The van der Waals surface area contributed by atoms with E-state index in [4.69, 9.17) is 5.73 Å². The molecular weight excluding hydrogens is 312 g/mol. The van der Waals surface area contributed by atoms with E-state index in [2.05, 4.69) is 10.3 Å². The molecule has 1 aromatic carbocycles. The standard InChI is InChI=1S/C17H18N4O.ClH/c1-11-6-7-13(12(2)18)9-14(11)20-17(22)15-10-19-16-5-3-4-8-21(15)16;/h3-10,12H,18H2,1-2H3,(H,20,22);1H/t12-;/m0./s1. The number of hydrogen-bond donors (Lipinski definition) is 2. The van der Waals surface area contributed by atoms with Crippen LogP contribution >= 0.6 is 12.4 Å². The van der Waals surface area contributed by atoms with Crippen molar-refractivity contribution >= 4 is 29.6 Å². The molecule has 3 N–H and O–H groups in total. The quantitative estimate of drug-likeness (QED) is 0.773. The minimum absolute atomic E-state index is 0. The number of nitrogens with one attached hydrogen (secondary N) is 1. The molecule has 3 rings (SSSR count). The molecule has 120 valence electrons. The number of hydrogen-bond acceptors (Lipinski definition) is 3. The molecule has 1 amide bonds. The van der Waals surface area contributed by atoms with E-state index in [1.54, 1.807) is 10.6 Å². The molecule has 0 saturated carbocycles. The van der Waals surface area contributed by atoms with Crippen molar-refractivity contribution in [1.29, 1.82) is 0 Å². The number of rotatable bonds is 3. The van der Waals surface area contributed by atoms with Gasteiger partial charge in [0.05, 0.1) is 6.20 Å². The number of nitrogens with zero attached hydrogens (tertiary/aromatic N) is 2. The molecule has 0 bridgehead atoms. The lowest BCUT2D eigenvalue weighted by molar-refractivity contribution is 0.102. The van der Waals surface area contributed by atoms with E-state index in [-0.39, 0.29) is 24.4 Å². The third-order valence-corrected chi connectivity index (χ3v) is 3.69. The summed E-state index contributed by atoms with van der Waals surface area (Å²) in [5.74, 6) is -0.191. The number of benzene rings is 1. The smallest absolute Gasteiger partial charge is 0.274 e. The predicted molar refractivity (Wildman–Crippen MR) is 94.2 cm³/mol. The van der Waals surface area contributed by atoms with Crippen LogP contribution in [0.2, 0.25) is 0 Å². The van der Waals surface area contributed by atoms with Crippen LogP contribution in [0.4, 0.5) is 5.69 Å². The molecule has 0 aliphatic heterocycles. The van der Waals surface area contributed by atoms with Gasteiger partial charge in [-0.05, 0) is 43.2 Å². The number of anilines is 1. The molecule has 0 unspecified atom stereocenters. The van der Waals surface area contributed by atoms with Crippen molar-refractivity contribution in [3.05, 3.63) is 65.6 Å². The Morgan fingerprint density at radius 1 is 1.30 bits per heavy atom. The van der Waals surface area contributed by atoms with Crippen LogP contribution in [0.1, 0.15) is 34.6 Å². The second kappa shape index (κ2) is 6.81. The van der Waals surface area contributed by atoms with E-state index >= 15 is 0 Å². The Morgan fingerprint density at radius 2 is 2.09 bits per heavy atom. The summed E-state index contributed by atoms with van der Waals surface area (Å²) >= 11 is 0. The first kappa shape index (κ1) is 17.0. The van der Waals surface area contributed by atoms with E-state index in [0.29, 0.717) is 5.69 Å². The van der Waals surface area contributed by atoms with Crippen LogP contribution in [-0.2, 0) is 0 Å². The fraction of sp³-hybridized carbons (Fsp3) is 0.176. The van der Waals surface area contributed by atoms with Gasteiger partial charge in [0.15, 0.2) is 0 Å². The normalized spacial score (nSPS) is 11.8. The molecule has 5 nitrogen and oxygen atoms in total. The highest BCUT2D eigenvalue weighted by Crippen LogP contribution is 2.21. The Balaban J connectivity index is 0.00000192. The topological polar surface area (TPSA) is 72.4 Å². The number of imidazole rings is 1. The number of fused-ring (bicyclic) bond motifs is 1. The molecule has 0 radical (unpaired) electrons. The van der Waals surface area contributed by atoms with Gasteiger partial charge < -0.3 is 11.1 Å². The zero-order valence-electron chi connectivity index (χ0n) is 13.0. The molecule has 0 aliphatic rings. The summed E-state index contributed by atoms with van der Waals surface area (Å²) in [7, 11) is 0. The summed E-state index contributed by atoms with van der Waals surface area (Å²) in [4.78, 5) is 16.8. The number of amides is 1. The van der Waals surface area contributed by atoms with Crippen molar-refractivity contribution in [2.24, 2.45) is 5.73 Å². The van der Waals surface area contributed by atoms with Gasteiger partial charge in [-0.15, -0.1) is 12.4 Å². The fourth-order valence-corrected chi connectivity index (χ4v) is 2.34. The van der Waals surface area contributed by atoms with E-state index in [9.17, 15) is 4.79 Å². The molecule has 0 saturated heterocycles. The van der Waals surface area contributed by atoms with Gasteiger partial charge in [-0.25, -0.2) is 4.98 Å². The maximum Gasteiger partial charge on any atom is 0.274 e. The zero-order chi connectivity index (χ0) is 15.7. The van der Waals surface area contributed by atoms with Crippen LogP contribution in [0, 0.1) is 6.92 Å². The number of aryl methyl sites for hydroxylation is 1. The molecule has 0 fully saturated rings. The van der Waals surface area contributed by atoms with Gasteiger partial charge in [-0.2, -0.15) is 0 Å². The van der Waals surface area contributed by atoms with Crippen LogP contribution in [0.15, 0.2) is 48.8 Å². The maximum absolute atomic E-state index is 12.5. The van der Waals surface area contributed by atoms with Crippen molar-refractivity contribution in [3.8, 4) is 0 Å². The fourth-order valence-electron chi connectivity index (χ4n) is 2.34. The van der Waals surface area contributed by atoms with Gasteiger partial charge in [0, 0.05) is 17.9 Å². The lowest BCUT2D eigenvalue weighted by Crippen LogP contribution is -2.15. The SMILES string of the molecule is Cc1ccc([C@H](C)N)cc1NC(=O)c1cnc2ccccn12.Cl. The minimum atomic E-state index is -0.191. The van der Waals surface area contributed by atoms with Gasteiger partial charge in [0.1, 0.15) is 11.3 Å². The van der Waals surface area contributed by atoms with Gasteiger partial charge in [-0.1, -0.05) is 18.2 Å². The van der Waals surface area contributed by atoms with E-state index in [1.807, 2.05) is 56.4 Å². The molecule has 2 aromatic heterocycles. The minimum Gasteiger partial charge on any atom is -0.324 e. The van der Waals surface area contributed by atoms with Gasteiger partial charge in [0.2, 0.25) is 0 Å². The first-order valence-electron chi connectivity index (χ1n) is 7.16. The number of pyridine rings is 1. The highest BCUT2D eigenvalue weighted by Gasteiger charge is 2.13. The second-order valence-corrected chi connectivity index (χ2v) is 5.39. The Kier molecular flexibility index (Phi) is 5.03. The molecule has 6 heteroatoms. The van der Waals surface area contributed by atoms with Crippen LogP contribution in [-0.4, -0.2) is 15.3 Å². The van der Waals surface area contributed by atoms with Crippen molar-refractivity contribution in [3.63, 3.8) is 0 Å². The molecule has 2 heterocycles. The lowest BCUT2D eigenvalue weighted by Gasteiger charge is -2.12. The van der Waals surface area contributed by atoms with E-state index in [0.717, 1.165) is 22.5 Å². The maximum atomic E-state index is 12.5. The first-order valence-corrected chi connectivity index (χ1v) is 7.16. The van der Waals surface area contributed by atoms with Crippen LogP contribution in [0.3, 0.4) is 0 Å². The number of carbonyl (C=O) groups excluding carboxylic acids is 1. The zero-order valence-corrected chi connectivity index (χ0v) is 13.8. The molecule has 0 aliphatic carbocycles.